The average molecular weight is 349 g/mol. The number of anilines is 1. The van der Waals surface area contributed by atoms with Gasteiger partial charge in [0.05, 0.1) is 6.20 Å². The van der Waals surface area contributed by atoms with Crippen molar-refractivity contribution in [3.8, 4) is 17.7 Å². The number of imidazole rings is 1. The smallest absolute Gasteiger partial charge is 0.328 e. The van der Waals surface area contributed by atoms with Crippen LogP contribution in [0.15, 0.2) is 41.7 Å². The summed E-state index contributed by atoms with van der Waals surface area (Å²) in [5, 5.41) is 0. The molecule has 0 unspecified atom stereocenters. The maximum absolute atomic E-state index is 5.56. The Bertz CT molecular complexity index is 748. The van der Waals surface area contributed by atoms with Crippen LogP contribution in [0.5, 0.6) is 11.8 Å². The van der Waals surface area contributed by atoms with E-state index in [1.54, 1.807) is 41.7 Å². The molecule has 0 spiro atoms. The van der Waals surface area contributed by atoms with Crippen molar-refractivity contribution in [2.45, 2.75) is 0 Å². The SMILES string of the molecule is NNc1nc(Oc2cncc(Br)c2)nc(-n2ccnc2)n1. The number of halogens is 1. The van der Waals surface area contributed by atoms with E-state index < -0.39 is 0 Å². The predicted octanol–water partition coefficient (Wildman–Crippen LogP) is 1.29. The number of ether oxygens (including phenoxy) is 1. The molecule has 3 rings (SSSR count). The second-order valence-electron chi connectivity index (χ2n) is 3.80. The van der Waals surface area contributed by atoms with E-state index in [0.717, 1.165) is 4.47 Å². The highest BCUT2D eigenvalue weighted by atomic mass is 79.9. The van der Waals surface area contributed by atoms with E-state index in [2.05, 4.69) is 46.3 Å². The van der Waals surface area contributed by atoms with Crippen LogP contribution >= 0.6 is 15.9 Å². The third-order valence-electron chi connectivity index (χ3n) is 2.36. The molecule has 10 heteroatoms. The fourth-order valence-electron chi connectivity index (χ4n) is 1.50. The Morgan fingerprint density at radius 2 is 2.10 bits per heavy atom. The second-order valence-corrected chi connectivity index (χ2v) is 4.71. The van der Waals surface area contributed by atoms with Gasteiger partial charge in [-0.1, -0.05) is 0 Å². The minimum Gasteiger partial charge on any atom is -0.422 e. The van der Waals surface area contributed by atoms with Gasteiger partial charge < -0.3 is 4.74 Å². The maximum Gasteiger partial charge on any atom is 0.328 e. The van der Waals surface area contributed by atoms with E-state index in [9.17, 15) is 0 Å². The van der Waals surface area contributed by atoms with Gasteiger partial charge in [0.1, 0.15) is 6.33 Å². The summed E-state index contributed by atoms with van der Waals surface area (Å²) in [4.78, 5) is 20.3. The summed E-state index contributed by atoms with van der Waals surface area (Å²) in [6.07, 6.45) is 8.04. The number of rotatable bonds is 4. The largest absolute Gasteiger partial charge is 0.422 e. The van der Waals surface area contributed by atoms with Gasteiger partial charge in [-0.15, -0.1) is 0 Å². The molecule has 3 N–H and O–H groups in total. The van der Waals surface area contributed by atoms with E-state index in [4.69, 9.17) is 10.6 Å². The maximum atomic E-state index is 5.56. The zero-order valence-electron chi connectivity index (χ0n) is 10.5. The Morgan fingerprint density at radius 3 is 2.81 bits per heavy atom. The third kappa shape index (κ3) is 3.12. The molecule has 3 aromatic heterocycles. The minimum absolute atomic E-state index is 0.0848. The van der Waals surface area contributed by atoms with E-state index in [0.29, 0.717) is 11.7 Å². The van der Waals surface area contributed by atoms with Gasteiger partial charge in [-0.25, -0.2) is 10.8 Å². The van der Waals surface area contributed by atoms with Gasteiger partial charge >= 0.3 is 6.01 Å². The number of hydrazine groups is 1. The molecule has 0 aliphatic heterocycles. The van der Waals surface area contributed by atoms with Crippen molar-refractivity contribution < 1.29 is 4.74 Å². The third-order valence-corrected chi connectivity index (χ3v) is 2.79. The zero-order chi connectivity index (χ0) is 14.7. The van der Waals surface area contributed by atoms with E-state index in [1.807, 2.05) is 0 Å². The van der Waals surface area contributed by atoms with Crippen LogP contribution in [0.25, 0.3) is 5.95 Å². The van der Waals surface area contributed by atoms with Gasteiger partial charge in [0.2, 0.25) is 11.9 Å². The van der Waals surface area contributed by atoms with Crippen molar-refractivity contribution >= 4 is 21.9 Å². The highest BCUT2D eigenvalue weighted by molar-refractivity contribution is 9.10. The molecule has 0 aliphatic carbocycles. The summed E-state index contributed by atoms with van der Waals surface area (Å²) in [6.45, 7) is 0. The van der Waals surface area contributed by atoms with Crippen LogP contribution < -0.4 is 16.0 Å². The summed E-state index contributed by atoms with van der Waals surface area (Å²) in [5.74, 6) is 6.34. The molecule has 0 radical (unpaired) electrons. The predicted molar refractivity (Wildman–Crippen MR) is 76.8 cm³/mol. The average Bonchev–Trinajstić information content (AvgIpc) is 3.01. The van der Waals surface area contributed by atoms with Crippen molar-refractivity contribution in [3.63, 3.8) is 0 Å². The number of hydrogen-bond acceptors (Lipinski definition) is 8. The highest BCUT2D eigenvalue weighted by Gasteiger charge is 2.09. The number of hydrogen-bond donors (Lipinski definition) is 2. The first kappa shape index (κ1) is 13.4. The molecule has 3 heterocycles. The van der Waals surface area contributed by atoms with Crippen molar-refractivity contribution in [2.75, 3.05) is 5.43 Å². The van der Waals surface area contributed by atoms with Crippen molar-refractivity contribution in [1.29, 1.82) is 0 Å². The lowest BCUT2D eigenvalue weighted by Gasteiger charge is -2.07. The minimum atomic E-state index is 0.0848. The lowest BCUT2D eigenvalue weighted by Crippen LogP contribution is -2.13. The molecule has 0 fully saturated rings. The molecule has 3 aromatic rings. The first-order chi connectivity index (χ1) is 10.2. The van der Waals surface area contributed by atoms with E-state index in [1.165, 1.54) is 0 Å². The number of aromatic nitrogens is 6. The van der Waals surface area contributed by atoms with Crippen molar-refractivity contribution in [3.05, 3.63) is 41.7 Å². The van der Waals surface area contributed by atoms with Crippen molar-refractivity contribution in [1.82, 2.24) is 29.5 Å². The second kappa shape index (κ2) is 5.81. The molecule has 21 heavy (non-hydrogen) atoms. The van der Waals surface area contributed by atoms with Crippen LogP contribution in [0.1, 0.15) is 0 Å². The van der Waals surface area contributed by atoms with Gasteiger partial charge in [-0.3, -0.25) is 15.0 Å². The monoisotopic (exact) mass is 348 g/mol. The fraction of sp³-hybridized carbons (Fsp3) is 0. The number of nitrogens with two attached hydrogens (primary N) is 1. The van der Waals surface area contributed by atoms with Crippen LogP contribution in [-0.4, -0.2) is 29.5 Å². The molecule has 0 aliphatic rings. The number of nitrogen functional groups attached to an aromatic ring is 1. The Hall–Kier alpha value is -2.59. The van der Waals surface area contributed by atoms with Gasteiger partial charge in [-0.05, 0) is 22.0 Å². The summed E-state index contributed by atoms with van der Waals surface area (Å²) >= 11 is 3.31. The Labute approximate surface area is 127 Å². The summed E-state index contributed by atoms with van der Waals surface area (Å²) in [7, 11) is 0. The summed E-state index contributed by atoms with van der Waals surface area (Å²) in [5.41, 5.74) is 2.37. The Balaban J connectivity index is 1.96. The Morgan fingerprint density at radius 1 is 1.19 bits per heavy atom. The lowest BCUT2D eigenvalue weighted by atomic mass is 10.5. The normalized spacial score (nSPS) is 10.4. The Kier molecular flexibility index (Phi) is 3.71. The van der Waals surface area contributed by atoms with Gasteiger partial charge in [0.25, 0.3) is 0 Å². The number of nitrogens with zero attached hydrogens (tertiary/aromatic N) is 6. The molecule has 0 atom stereocenters. The molecule has 9 nitrogen and oxygen atoms in total. The zero-order valence-corrected chi connectivity index (χ0v) is 12.1. The first-order valence-electron chi connectivity index (χ1n) is 5.74. The first-order valence-corrected chi connectivity index (χ1v) is 6.53. The fourth-order valence-corrected chi connectivity index (χ4v) is 1.85. The quantitative estimate of drug-likeness (QED) is 0.535. The molecular formula is C11H9BrN8O. The summed E-state index contributed by atoms with van der Waals surface area (Å²) in [6, 6.07) is 1.82. The molecule has 0 bridgehead atoms. The number of nitrogens with one attached hydrogen (secondary N) is 1. The topological polar surface area (TPSA) is 117 Å². The van der Waals surface area contributed by atoms with Gasteiger partial charge in [0, 0.05) is 23.1 Å². The molecular weight excluding hydrogens is 340 g/mol. The molecule has 0 saturated carbocycles. The van der Waals surface area contributed by atoms with E-state index in [-0.39, 0.29) is 12.0 Å². The van der Waals surface area contributed by atoms with Crippen molar-refractivity contribution in [2.24, 2.45) is 5.84 Å². The molecule has 0 saturated heterocycles. The van der Waals surface area contributed by atoms with Crippen LogP contribution in [0.2, 0.25) is 0 Å². The standard InChI is InChI=1S/C11H9BrN8O/c12-7-3-8(5-15-4-7)21-11-17-9(19-13)16-10(18-11)20-2-1-14-6-20/h1-6H,13H2,(H,16,17,18,19). The lowest BCUT2D eigenvalue weighted by molar-refractivity contribution is 0.437. The van der Waals surface area contributed by atoms with Crippen LogP contribution in [0.4, 0.5) is 5.95 Å². The molecule has 0 aromatic carbocycles. The van der Waals surface area contributed by atoms with Crippen LogP contribution in [0.3, 0.4) is 0 Å². The molecule has 0 amide bonds. The van der Waals surface area contributed by atoms with Gasteiger partial charge in [0.15, 0.2) is 5.75 Å². The highest BCUT2D eigenvalue weighted by Crippen LogP contribution is 2.21. The number of pyridine rings is 1. The molecule has 106 valence electrons. The van der Waals surface area contributed by atoms with Crippen LogP contribution in [0, 0.1) is 0 Å². The van der Waals surface area contributed by atoms with Gasteiger partial charge in [-0.2, -0.15) is 15.0 Å². The van der Waals surface area contributed by atoms with Crippen LogP contribution in [-0.2, 0) is 0 Å². The van der Waals surface area contributed by atoms with E-state index >= 15 is 0 Å². The summed E-state index contributed by atoms with van der Waals surface area (Å²) < 4.78 is 7.94.